The molecule has 95 heavy (non-hydrogen) atoms. The molecule has 0 radical (unpaired) electrons. The average Bonchev–Trinajstić information content (AvgIpc) is 3.32. The predicted molar refractivity (Wildman–Crippen MR) is 413 cm³/mol. The lowest BCUT2D eigenvalue weighted by molar-refractivity contribution is -0.161. The van der Waals surface area contributed by atoms with Crippen LogP contribution in [0.5, 0.6) is 0 Å². The molecule has 0 rings (SSSR count). The minimum absolute atomic E-state index is 0.0468. The van der Waals surface area contributed by atoms with Crippen LogP contribution in [-0.2, 0) is 32.7 Å². The number of phosphoric ester groups is 1. The third-order valence-corrected chi connectivity index (χ3v) is 18.0. The Bertz CT molecular complexity index is 2030. The van der Waals surface area contributed by atoms with Crippen molar-refractivity contribution in [1.82, 2.24) is 0 Å². The quantitative estimate of drug-likeness (QED) is 0.0264. The van der Waals surface area contributed by atoms with Crippen LogP contribution in [0.3, 0.4) is 0 Å². The van der Waals surface area contributed by atoms with Crippen molar-refractivity contribution in [3.05, 3.63) is 134 Å². The van der Waals surface area contributed by atoms with Crippen LogP contribution in [-0.4, -0.2) is 49.3 Å². The summed E-state index contributed by atoms with van der Waals surface area (Å²) in [7, 11) is -4.41. The van der Waals surface area contributed by atoms with E-state index < -0.39 is 26.5 Å². The second-order valence-corrected chi connectivity index (χ2v) is 27.7. The molecule has 0 saturated heterocycles. The van der Waals surface area contributed by atoms with Crippen molar-refractivity contribution in [2.24, 2.45) is 5.73 Å². The summed E-state index contributed by atoms with van der Waals surface area (Å²) in [5.74, 6) is -0.834. The van der Waals surface area contributed by atoms with E-state index in [0.29, 0.717) is 6.42 Å². The van der Waals surface area contributed by atoms with Crippen LogP contribution < -0.4 is 5.73 Å². The van der Waals surface area contributed by atoms with Gasteiger partial charge in [-0.15, -0.1) is 0 Å². The number of unbranched alkanes of at least 4 members (excludes halogenated alkanes) is 39. The van der Waals surface area contributed by atoms with E-state index in [2.05, 4.69) is 148 Å². The van der Waals surface area contributed by atoms with Crippen molar-refractivity contribution in [2.45, 2.75) is 367 Å². The van der Waals surface area contributed by atoms with E-state index in [1.54, 1.807) is 0 Å². The lowest BCUT2D eigenvalue weighted by atomic mass is 10.0. The molecule has 0 heterocycles. The van der Waals surface area contributed by atoms with Gasteiger partial charge in [0.1, 0.15) is 6.61 Å². The Labute approximate surface area is 586 Å². The maximum atomic E-state index is 12.8. The Morgan fingerprint density at radius 2 is 0.579 bits per heavy atom. The molecule has 0 aromatic rings. The van der Waals surface area contributed by atoms with Gasteiger partial charge in [0.05, 0.1) is 13.2 Å². The van der Waals surface area contributed by atoms with Gasteiger partial charge in [0.15, 0.2) is 6.10 Å². The second-order valence-electron chi connectivity index (χ2n) is 26.2. The molecule has 0 aliphatic rings. The highest BCUT2D eigenvalue weighted by Gasteiger charge is 2.26. The predicted octanol–water partition coefficient (Wildman–Crippen LogP) is 26.8. The van der Waals surface area contributed by atoms with Gasteiger partial charge < -0.3 is 20.1 Å². The molecule has 0 aromatic heterocycles. The molecule has 0 saturated carbocycles. The average molecular weight is 1340 g/mol. The lowest BCUT2D eigenvalue weighted by Gasteiger charge is -2.19. The Hall–Kier alpha value is -3.85. The van der Waals surface area contributed by atoms with E-state index >= 15 is 0 Å². The Morgan fingerprint density at radius 1 is 0.326 bits per heavy atom. The zero-order valence-corrected chi connectivity index (χ0v) is 62.5. The van der Waals surface area contributed by atoms with Gasteiger partial charge in [-0.3, -0.25) is 18.6 Å². The van der Waals surface area contributed by atoms with Gasteiger partial charge >= 0.3 is 19.8 Å². The summed E-state index contributed by atoms with van der Waals surface area (Å²) in [6.45, 7) is 3.64. The van der Waals surface area contributed by atoms with Crippen LogP contribution in [0, 0.1) is 0 Å². The smallest absolute Gasteiger partial charge is 0.462 e. The van der Waals surface area contributed by atoms with E-state index in [1.165, 1.54) is 218 Å². The largest absolute Gasteiger partial charge is 0.472 e. The molecule has 3 N–H and O–H groups in total. The van der Waals surface area contributed by atoms with Gasteiger partial charge in [0.2, 0.25) is 0 Å². The molecule has 0 amide bonds. The third-order valence-electron chi connectivity index (χ3n) is 17.0. The summed E-state index contributed by atoms with van der Waals surface area (Å²) in [4.78, 5) is 35.5. The number of nitrogens with two attached hydrogens (primary N) is 1. The number of carbonyl (C=O) groups excluding carboxylic acids is 2. The number of hydrogen-bond donors (Lipinski definition) is 2. The highest BCUT2D eigenvalue weighted by molar-refractivity contribution is 7.47. The monoisotopic (exact) mass is 1340 g/mol. The SMILES string of the molecule is CC/C=C\C/C=C\C/C=C\C/C=C\C/C=C\C/C=C\C/C=C\C/C=C\C/C=C\CCCCCCCCCC(=O)OC(COC(=O)CCCCCCCCCCCCCCCCCCCCCCCCCCCCC/C=C\C/C=C\CCCCCCC)COP(=O)(O)OCCN. The van der Waals surface area contributed by atoms with Crippen LogP contribution in [0.25, 0.3) is 0 Å². The molecule has 2 unspecified atom stereocenters. The minimum Gasteiger partial charge on any atom is -0.462 e. The number of hydrogen-bond acceptors (Lipinski definition) is 8. The first-order chi connectivity index (χ1) is 46.8. The Morgan fingerprint density at radius 3 is 0.863 bits per heavy atom. The maximum absolute atomic E-state index is 12.8. The fourth-order valence-corrected chi connectivity index (χ4v) is 12.0. The molecule has 9 nitrogen and oxygen atoms in total. The van der Waals surface area contributed by atoms with Gasteiger partial charge in [0.25, 0.3) is 0 Å². The summed E-state index contributed by atoms with van der Waals surface area (Å²) in [6.07, 6.45) is 113. The van der Waals surface area contributed by atoms with Crippen molar-refractivity contribution >= 4 is 19.8 Å². The Balaban J connectivity index is 3.85. The number of rotatable bonds is 74. The summed E-state index contributed by atoms with van der Waals surface area (Å²) in [5.41, 5.74) is 5.41. The summed E-state index contributed by atoms with van der Waals surface area (Å²) in [5, 5.41) is 0. The number of carbonyl (C=O) groups is 2. The number of esters is 2. The fourth-order valence-electron chi connectivity index (χ4n) is 11.2. The van der Waals surface area contributed by atoms with Crippen molar-refractivity contribution in [1.29, 1.82) is 0 Å². The van der Waals surface area contributed by atoms with Gasteiger partial charge in [-0.05, 0) is 116 Å². The van der Waals surface area contributed by atoms with E-state index in [-0.39, 0.29) is 38.6 Å². The second kappa shape index (κ2) is 79.1. The molecule has 0 bridgehead atoms. The first-order valence-corrected chi connectivity index (χ1v) is 41.2. The molecule has 0 spiro atoms. The van der Waals surface area contributed by atoms with Gasteiger partial charge in [0, 0.05) is 19.4 Å². The normalized spacial score (nSPS) is 13.6. The molecular weight excluding hydrogens is 1190 g/mol. The molecule has 2 atom stereocenters. The standard InChI is InChI=1S/C85H148NO8P/c1-3-5-7-9-11-13-15-17-19-21-23-25-27-29-31-33-35-37-39-40-41-42-44-45-47-49-51-53-55-57-59-61-63-65-67-69-71-73-75-77-84(87)91-81-83(82-93-95(89,90)92-80-79-86)94-85(88)78-76-74-72-70-68-66-64-62-60-58-56-54-52-50-48-46-43-38-36-34-32-30-28-26-24-22-20-18-16-14-12-10-8-6-4-2/h6,8,12,14-15,17-18,20-21,23-24,26,30,32,36,38,46,48,52,54,58,60,83H,3-5,7,9-11,13,16,19,22,25,27-29,31,33-35,37,39-45,47,49-51,53,55-57,59,61-82,86H2,1-2H3,(H,89,90)/b8-6-,14-12-,17-15-,20-18-,23-21-,26-24-,32-30-,38-36-,48-46-,54-52-,60-58-. The first-order valence-electron chi connectivity index (χ1n) is 39.7. The maximum Gasteiger partial charge on any atom is 0.472 e. The van der Waals surface area contributed by atoms with Gasteiger partial charge in [-0.1, -0.05) is 366 Å². The van der Waals surface area contributed by atoms with Gasteiger partial charge in [-0.2, -0.15) is 0 Å². The van der Waals surface area contributed by atoms with Crippen molar-refractivity contribution in [3.8, 4) is 0 Å². The summed E-state index contributed by atoms with van der Waals surface area (Å²) in [6, 6.07) is 0. The highest BCUT2D eigenvalue weighted by Crippen LogP contribution is 2.43. The lowest BCUT2D eigenvalue weighted by Crippen LogP contribution is -2.29. The first kappa shape index (κ1) is 91.2. The topological polar surface area (TPSA) is 134 Å². The van der Waals surface area contributed by atoms with Crippen LogP contribution in [0.2, 0.25) is 0 Å². The highest BCUT2D eigenvalue weighted by atomic mass is 31.2. The Kier molecular flexibility index (Phi) is 75.9. The molecular formula is C85H148NO8P. The van der Waals surface area contributed by atoms with E-state index in [1.807, 2.05) is 0 Å². The summed E-state index contributed by atoms with van der Waals surface area (Å²) >= 11 is 0. The molecule has 0 aliphatic carbocycles. The number of allylic oxidation sites excluding steroid dienone is 22. The molecule has 0 fully saturated rings. The van der Waals surface area contributed by atoms with E-state index in [9.17, 15) is 19.0 Å². The van der Waals surface area contributed by atoms with Crippen LogP contribution in [0.4, 0.5) is 0 Å². The van der Waals surface area contributed by atoms with E-state index in [0.717, 1.165) is 109 Å². The number of ether oxygens (including phenoxy) is 2. The van der Waals surface area contributed by atoms with E-state index in [4.69, 9.17) is 24.3 Å². The zero-order chi connectivity index (χ0) is 68.6. The van der Waals surface area contributed by atoms with Crippen LogP contribution >= 0.6 is 7.82 Å². The van der Waals surface area contributed by atoms with Crippen molar-refractivity contribution in [2.75, 3.05) is 26.4 Å². The van der Waals surface area contributed by atoms with Crippen LogP contribution in [0.1, 0.15) is 361 Å². The molecule has 0 aromatic carbocycles. The van der Waals surface area contributed by atoms with Crippen molar-refractivity contribution < 1.29 is 37.6 Å². The molecule has 546 valence electrons. The summed E-state index contributed by atoms with van der Waals surface area (Å²) < 4.78 is 33.2. The number of phosphoric acid groups is 1. The van der Waals surface area contributed by atoms with Crippen molar-refractivity contribution in [3.63, 3.8) is 0 Å². The van der Waals surface area contributed by atoms with Crippen LogP contribution in [0.15, 0.2) is 134 Å². The van der Waals surface area contributed by atoms with Gasteiger partial charge in [-0.25, -0.2) is 4.57 Å². The molecule has 0 aliphatic heterocycles. The molecule has 10 heteroatoms. The fraction of sp³-hybridized carbons (Fsp3) is 0.718. The third kappa shape index (κ3) is 79.0. The zero-order valence-electron chi connectivity index (χ0n) is 61.6. The minimum atomic E-state index is -4.41.